The van der Waals surface area contributed by atoms with Gasteiger partial charge in [0.15, 0.2) is 18.2 Å². The van der Waals surface area contributed by atoms with Crippen LogP contribution in [0.5, 0.6) is 5.75 Å². The number of halogens is 1. The molecule has 0 bridgehead atoms. The Labute approximate surface area is 130 Å². The molecule has 0 saturated carbocycles. The lowest BCUT2D eigenvalue weighted by Crippen LogP contribution is -2.31. The zero-order valence-corrected chi connectivity index (χ0v) is 13.0. The summed E-state index contributed by atoms with van der Waals surface area (Å²) in [7, 11) is 0. The molecule has 0 heterocycles. The highest BCUT2D eigenvalue weighted by atomic mass is 19.1. The quantitative estimate of drug-likeness (QED) is 0.914. The summed E-state index contributed by atoms with van der Waals surface area (Å²) in [6, 6.07) is 12.0. The van der Waals surface area contributed by atoms with Crippen LogP contribution in [0.25, 0.3) is 0 Å². The molecule has 0 saturated heterocycles. The highest BCUT2D eigenvalue weighted by molar-refractivity contribution is 5.78. The van der Waals surface area contributed by atoms with E-state index in [0.717, 1.165) is 5.56 Å². The second-order valence-corrected chi connectivity index (χ2v) is 5.35. The highest BCUT2D eigenvalue weighted by Gasteiger charge is 2.11. The fourth-order valence-corrected chi connectivity index (χ4v) is 2.11. The minimum Gasteiger partial charge on any atom is -0.481 e. The number of hydrogen-bond donors (Lipinski definition) is 1. The maximum atomic E-state index is 13.4. The van der Waals surface area contributed by atoms with Gasteiger partial charge < -0.3 is 10.1 Å². The molecule has 0 aromatic heterocycles. The van der Waals surface area contributed by atoms with Crippen LogP contribution in [0.2, 0.25) is 0 Å². The van der Waals surface area contributed by atoms with Gasteiger partial charge in [-0.25, -0.2) is 4.39 Å². The van der Waals surface area contributed by atoms with E-state index >= 15 is 0 Å². The SMILES string of the molecule is Cc1ccc([C@@H](C)NC(=O)COc2ccccc2F)cc1C. The van der Waals surface area contributed by atoms with Gasteiger partial charge in [0.2, 0.25) is 0 Å². The Morgan fingerprint density at radius 2 is 1.91 bits per heavy atom. The fraction of sp³-hybridized carbons (Fsp3) is 0.278. The van der Waals surface area contributed by atoms with Gasteiger partial charge >= 0.3 is 0 Å². The smallest absolute Gasteiger partial charge is 0.258 e. The fourth-order valence-electron chi connectivity index (χ4n) is 2.11. The van der Waals surface area contributed by atoms with Crippen LogP contribution < -0.4 is 10.1 Å². The Balaban J connectivity index is 1.91. The van der Waals surface area contributed by atoms with Crippen molar-refractivity contribution >= 4 is 5.91 Å². The predicted octanol–water partition coefficient (Wildman–Crippen LogP) is 3.70. The summed E-state index contributed by atoms with van der Waals surface area (Å²) in [6.07, 6.45) is 0. The van der Waals surface area contributed by atoms with E-state index in [2.05, 4.69) is 11.4 Å². The van der Waals surface area contributed by atoms with Gasteiger partial charge in [-0.1, -0.05) is 30.3 Å². The normalized spacial score (nSPS) is 11.8. The molecule has 1 N–H and O–H groups in total. The number of para-hydroxylation sites is 1. The van der Waals surface area contributed by atoms with Crippen LogP contribution in [-0.4, -0.2) is 12.5 Å². The molecule has 116 valence electrons. The Bertz CT molecular complexity index is 670. The van der Waals surface area contributed by atoms with Crippen molar-refractivity contribution < 1.29 is 13.9 Å². The van der Waals surface area contributed by atoms with Crippen LogP contribution in [0.1, 0.15) is 29.7 Å². The van der Waals surface area contributed by atoms with E-state index in [0.29, 0.717) is 0 Å². The lowest BCUT2D eigenvalue weighted by atomic mass is 10.0. The summed E-state index contributed by atoms with van der Waals surface area (Å²) in [6.45, 7) is 5.78. The first kappa shape index (κ1) is 16.0. The number of rotatable bonds is 5. The van der Waals surface area contributed by atoms with Crippen LogP contribution in [0.4, 0.5) is 4.39 Å². The lowest BCUT2D eigenvalue weighted by Gasteiger charge is -2.16. The van der Waals surface area contributed by atoms with Gasteiger partial charge in [0, 0.05) is 0 Å². The Hall–Kier alpha value is -2.36. The maximum Gasteiger partial charge on any atom is 0.258 e. The summed E-state index contributed by atoms with van der Waals surface area (Å²) < 4.78 is 18.6. The lowest BCUT2D eigenvalue weighted by molar-refractivity contribution is -0.123. The molecule has 0 fully saturated rings. The van der Waals surface area contributed by atoms with Crippen molar-refractivity contribution in [3.05, 3.63) is 65.0 Å². The maximum absolute atomic E-state index is 13.4. The predicted molar refractivity (Wildman–Crippen MR) is 84.4 cm³/mol. The summed E-state index contributed by atoms with van der Waals surface area (Å²) in [4.78, 5) is 11.9. The number of carbonyl (C=O) groups is 1. The van der Waals surface area contributed by atoms with E-state index in [-0.39, 0.29) is 24.3 Å². The largest absolute Gasteiger partial charge is 0.481 e. The molecule has 1 amide bonds. The third kappa shape index (κ3) is 4.07. The molecule has 0 unspecified atom stereocenters. The third-order valence-electron chi connectivity index (χ3n) is 3.60. The molecule has 0 aliphatic carbocycles. The van der Waals surface area contributed by atoms with Crippen LogP contribution in [0, 0.1) is 19.7 Å². The minimum atomic E-state index is -0.475. The molecule has 2 rings (SSSR count). The third-order valence-corrected chi connectivity index (χ3v) is 3.60. The van der Waals surface area contributed by atoms with Gasteiger partial charge in [-0.15, -0.1) is 0 Å². The van der Waals surface area contributed by atoms with Gasteiger partial charge in [0.1, 0.15) is 0 Å². The van der Waals surface area contributed by atoms with E-state index in [4.69, 9.17) is 4.74 Å². The van der Waals surface area contributed by atoms with Crippen molar-refractivity contribution in [3.8, 4) is 5.75 Å². The van der Waals surface area contributed by atoms with Crippen molar-refractivity contribution in [1.82, 2.24) is 5.32 Å². The minimum absolute atomic E-state index is 0.0801. The summed E-state index contributed by atoms with van der Waals surface area (Å²) >= 11 is 0. The van der Waals surface area contributed by atoms with Gasteiger partial charge in [0.25, 0.3) is 5.91 Å². The summed E-state index contributed by atoms with van der Waals surface area (Å²) in [5, 5.41) is 2.85. The second kappa shape index (κ2) is 7.07. The summed E-state index contributed by atoms with van der Waals surface area (Å²) in [5.41, 5.74) is 3.42. The number of amides is 1. The molecule has 22 heavy (non-hydrogen) atoms. The average molecular weight is 301 g/mol. The van der Waals surface area contributed by atoms with Crippen molar-refractivity contribution in [2.45, 2.75) is 26.8 Å². The molecule has 3 nitrogen and oxygen atoms in total. The second-order valence-electron chi connectivity index (χ2n) is 5.35. The zero-order valence-electron chi connectivity index (χ0n) is 13.0. The van der Waals surface area contributed by atoms with E-state index in [1.54, 1.807) is 12.1 Å². The van der Waals surface area contributed by atoms with Crippen LogP contribution >= 0.6 is 0 Å². The van der Waals surface area contributed by atoms with Crippen molar-refractivity contribution in [1.29, 1.82) is 0 Å². The monoisotopic (exact) mass is 301 g/mol. The molecule has 0 spiro atoms. The zero-order chi connectivity index (χ0) is 16.1. The van der Waals surface area contributed by atoms with Crippen LogP contribution in [-0.2, 0) is 4.79 Å². The van der Waals surface area contributed by atoms with Crippen molar-refractivity contribution in [3.63, 3.8) is 0 Å². The molecule has 1 atom stereocenters. The molecule has 0 aliphatic heterocycles. The number of nitrogens with one attached hydrogen (secondary N) is 1. The standard InChI is InChI=1S/C18H20FNO2/c1-12-8-9-15(10-13(12)2)14(3)20-18(21)11-22-17-7-5-4-6-16(17)19/h4-10,14H,11H2,1-3H3,(H,20,21)/t14-/m1/s1. The number of ether oxygens (including phenoxy) is 1. The van der Waals surface area contributed by atoms with E-state index in [1.807, 2.05) is 32.9 Å². The average Bonchev–Trinajstić information content (AvgIpc) is 2.49. The van der Waals surface area contributed by atoms with E-state index in [9.17, 15) is 9.18 Å². The topological polar surface area (TPSA) is 38.3 Å². The molecule has 4 heteroatoms. The van der Waals surface area contributed by atoms with Crippen LogP contribution in [0.15, 0.2) is 42.5 Å². The molecule has 0 aliphatic rings. The number of hydrogen-bond acceptors (Lipinski definition) is 2. The number of aryl methyl sites for hydroxylation is 2. The van der Waals surface area contributed by atoms with Gasteiger partial charge in [-0.05, 0) is 49.6 Å². The van der Waals surface area contributed by atoms with E-state index in [1.165, 1.54) is 23.3 Å². The van der Waals surface area contributed by atoms with Crippen molar-refractivity contribution in [2.24, 2.45) is 0 Å². The first-order valence-corrected chi connectivity index (χ1v) is 7.21. The van der Waals surface area contributed by atoms with Gasteiger partial charge in [-0.3, -0.25) is 4.79 Å². The first-order chi connectivity index (χ1) is 10.5. The number of benzene rings is 2. The molecule has 2 aromatic carbocycles. The Morgan fingerprint density at radius 3 is 2.59 bits per heavy atom. The Kier molecular flexibility index (Phi) is 5.15. The highest BCUT2D eigenvalue weighted by Crippen LogP contribution is 2.17. The molecule has 2 aromatic rings. The van der Waals surface area contributed by atoms with Crippen molar-refractivity contribution in [2.75, 3.05) is 6.61 Å². The van der Waals surface area contributed by atoms with Gasteiger partial charge in [0.05, 0.1) is 6.04 Å². The van der Waals surface area contributed by atoms with Crippen LogP contribution in [0.3, 0.4) is 0 Å². The van der Waals surface area contributed by atoms with E-state index < -0.39 is 5.82 Å². The molecular weight excluding hydrogens is 281 g/mol. The number of carbonyl (C=O) groups excluding carboxylic acids is 1. The van der Waals surface area contributed by atoms with Gasteiger partial charge in [-0.2, -0.15) is 0 Å². The Morgan fingerprint density at radius 1 is 1.18 bits per heavy atom. The first-order valence-electron chi connectivity index (χ1n) is 7.21. The molecular formula is C18H20FNO2. The summed E-state index contributed by atoms with van der Waals surface area (Å²) in [5.74, 6) is -0.678. The molecule has 0 radical (unpaired) electrons.